The number of carbonyl (C=O) groups excluding carboxylic acids is 1. The van der Waals surface area contributed by atoms with Crippen LogP contribution in [-0.2, 0) is 11.3 Å². The third kappa shape index (κ3) is 2.86. The van der Waals surface area contributed by atoms with Gasteiger partial charge in [-0.1, -0.05) is 12.8 Å². The zero-order valence-electron chi connectivity index (χ0n) is 13.1. The van der Waals surface area contributed by atoms with Gasteiger partial charge in [-0.05, 0) is 25.7 Å². The molecule has 3 aliphatic rings. The van der Waals surface area contributed by atoms with Crippen molar-refractivity contribution in [2.24, 2.45) is 0 Å². The molecule has 2 atom stereocenters. The zero-order chi connectivity index (χ0) is 15.1. The molecule has 0 aromatic carbocycles. The highest BCUT2D eigenvalue weighted by atomic mass is 32.1. The Balaban J connectivity index is 1.45. The van der Waals surface area contributed by atoms with Crippen molar-refractivity contribution in [2.75, 3.05) is 18.5 Å². The van der Waals surface area contributed by atoms with E-state index in [4.69, 9.17) is 4.98 Å². The molecular weight excluding hydrogens is 296 g/mol. The number of thiazole rings is 1. The Morgan fingerprint density at radius 2 is 2.18 bits per heavy atom. The number of anilines is 1. The zero-order valence-corrected chi connectivity index (χ0v) is 13.9. The van der Waals surface area contributed by atoms with Gasteiger partial charge in [-0.3, -0.25) is 9.69 Å². The summed E-state index contributed by atoms with van der Waals surface area (Å²) in [4.78, 5) is 21.4. The fourth-order valence-corrected chi connectivity index (χ4v) is 4.65. The highest BCUT2D eigenvalue weighted by Crippen LogP contribution is 2.33. The summed E-state index contributed by atoms with van der Waals surface area (Å²) in [5, 5.41) is 6.46. The number of piperazine rings is 1. The summed E-state index contributed by atoms with van der Waals surface area (Å²) in [6, 6.07) is 1.54. The standard InChI is InChI=1S/C16H24N4OS/c1-19(12-6-7-12)16-17-11(10-22-16)8-20-9-15(21)18-13-4-2-3-5-14(13)20/h10,12-14H,2-9H2,1H3,(H,18,21). The van der Waals surface area contributed by atoms with Crippen molar-refractivity contribution in [2.45, 2.75) is 63.2 Å². The topological polar surface area (TPSA) is 48.5 Å². The van der Waals surface area contributed by atoms with Crippen molar-refractivity contribution in [3.05, 3.63) is 11.1 Å². The van der Waals surface area contributed by atoms with Crippen molar-refractivity contribution < 1.29 is 4.79 Å². The maximum atomic E-state index is 12.0. The molecule has 1 N–H and O–H groups in total. The van der Waals surface area contributed by atoms with Gasteiger partial charge in [-0.25, -0.2) is 4.98 Å². The number of carbonyl (C=O) groups is 1. The van der Waals surface area contributed by atoms with E-state index in [2.05, 4.69) is 27.5 Å². The first-order valence-electron chi connectivity index (χ1n) is 8.41. The van der Waals surface area contributed by atoms with Gasteiger partial charge in [-0.2, -0.15) is 0 Å². The minimum Gasteiger partial charge on any atom is -0.351 e. The van der Waals surface area contributed by atoms with E-state index >= 15 is 0 Å². The first-order valence-corrected chi connectivity index (χ1v) is 9.29. The van der Waals surface area contributed by atoms with Gasteiger partial charge < -0.3 is 10.2 Å². The largest absolute Gasteiger partial charge is 0.351 e. The number of nitrogens with one attached hydrogen (secondary N) is 1. The van der Waals surface area contributed by atoms with Crippen LogP contribution in [-0.4, -0.2) is 47.5 Å². The summed E-state index contributed by atoms with van der Waals surface area (Å²) in [6.07, 6.45) is 7.43. The van der Waals surface area contributed by atoms with E-state index in [-0.39, 0.29) is 5.91 Å². The third-order valence-electron chi connectivity index (χ3n) is 5.19. The highest BCUT2D eigenvalue weighted by molar-refractivity contribution is 7.13. The molecule has 5 nitrogen and oxygen atoms in total. The molecular formula is C16H24N4OS. The predicted octanol–water partition coefficient (Wildman–Crippen LogP) is 1.98. The van der Waals surface area contributed by atoms with Crippen molar-refractivity contribution in [3.63, 3.8) is 0 Å². The van der Waals surface area contributed by atoms with Crippen LogP contribution in [0, 0.1) is 0 Å². The Bertz CT molecular complexity index is 556. The van der Waals surface area contributed by atoms with Crippen LogP contribution in [0.15, 0.2) is 5.38 Å². The maximum absolute atomic E-state index is 12.0. The van der Waals surface area contributed by atoms with Gasteiger partial charge in [0.2, 0.25) is 5.91 Å². The normalized spacial score (nSPS) is 29.0. The summed E-state index contributed by atoms with van der Waals surface area (Å²) in [7, 11) is 2.14. The number of rotatable bonds is 4. The van der Waals surface area contributed by atoms with E-state index in [1.54, 1.807) is 11.3 Å². The summed E-state index contributed by atoms with van der Waals surface area (Å²) in [6.45, 7) is 1.33. The Hall–Kier alpha value is -1.14. The number of amides is 1. The average Bonchev–Trinajstić information content (AvgIpc) is 3.26. The van der Waals surface area contributed by atoms with E-state index in [1.165, 1.54) is 32.1 Å². The van der Waals surface area contributed by atoms with E-state index < -0.39 is 0 Å². The van der Waals surface area contributed by atoms with Gasteiger partial charge in [0.25, 0.3) is 0 Å². The molecule has 2 saturated carbocycles. The Morgan fingerprint density at radius 3 is 3.00 bits per heavy atom. The smallest absolute Gasteiger partial charge is 0.234 e. The third-order valence-corrected chi connectivity index (χ3v) is 6.17. The van der Waals surface area contributed by atoms with Gasteiger partial charge in [0, 0.05) is 37.1 Å². The fourth-order valence-electron chi connectivity index (χ4n) is 3.80. The summed E-state index contributed by atoms with van der Waals surface area (Å²) < 4.78 is 0. The van der Waals surface area contributed by atoms with Crippen LogP contribution in [0.1, 0.15) is 44.2 Å². The molecule has 1 aromatic heterocycles. The average molecular weight is 320 g/mol. The first-order chi connectivity index (χ1) is 10.7. The van der Waals surface area contributed by atoms with Crippen LogP contribution in [0.5, 0.6) is 0 Å². The lowest BCUT2D eigenvalue weighted by molar-refractivity contribution is -0.128. The number of hydrogen-bond acceptors (Lipinski definition) is 5. The van der Waals surface area contributed by atoms with Gasteiger partial charge in [0.1, 0.15) is 0 Å². The summed E-state index contributed by atoms with van der Waals surface area (Å²) in [5.41, 5.74) is 1.12. The molecule has 4 rings (SSSR count). The molecule has 1 saturated heterocycles. The number of fused-ring (bicyclic) bond motifs is 1. The van der Waals surface area contributed by atoms with Crippen molar-refractivity contribution in [1.82, 2.24) is 15.2 Å². The molecule has 2 unspecified atom stereocenters. The van der Waals surface area contributed by atoms with Gasteiger partial charge >= 0.3 is 0 Å². The van der Waals surface area contributed by atoms with E-state index in [9.17, 15) is 4.79 Å². The van der Waals surface area contributed by atoms with Crippen molar-refractivity contribution in [1.29, 1.82) is 0 Å². The number of aromatic nitrogens is 1. The van der Waals surface area contributed by atoms with Crippen LogP contribution in [0.3, 0.4) is 0 Å². The van der Waals surface area contributed by atoms with Crippen LogP contribution in [0.4, 0.5) is 5.13 Å². The van der Waals surface area contributed by atoms with E-state index in [1.807, 2.05) is 0 Å². The molecule has 22 heavy (non-hydrogen) atoms. The maximum Gasteiger partial charge on any atom is 0.234 e. The molecule has 1 aromatic rings. The second-order valence-corrected chi connectivity index (χ2v) is 7.73. The highest BCUT2D eigenvalue weighted by Gasteiger charge is 2.36. The van der Waals surface area contributed by atoms with Crippen molar-refractivity contribution >= 4 is 22.4 Å². The molecule has 1 amide bonds. The molecule has 2 aliphatic carbocycles. The molecule has 1 aliphatic heterocycles. The minimum atomic E-state index is 0.175. The predicted molar refractivity (Wildman–Crippen MR) is 88.1 cm³/mol. The molecule has 0 bridgehead atoms. The number of nitrogens with zero attached hydrogens (tertiary/aromatic N) is 3. The quantitative estimate of drug-likeness (QED) is 0.922. The monoisotopic (exact) mass is 320 g/mol. The molecule has 6 heteroatoms. The minimum absolute atomic E-state index is 0.175. The second-order valence-electron chi connectivity index (χ2n) is 6.89. The number of hydrogen-bond donors (Lipinski definition) is 1. The molecule has 0 radical (unpaired) electrons. The summed E-state index contributed by atoms with van der Waals surface area (Å²) in [5.74, 6) is 0.175. The van der Waals surface area contributed by atoms with Gasteiger partial charge in [0.05, 0.1) is 12.2 Å². The Labute approximate surface area is 135 Å². The lowest BCUT2D eigenvalue weighted by Gasteiger charge is -2.43. The summed E-state index contributed by atoms with van der Waals surface area (Å²) >= 11 is 1.73. The second kappa shape index (κ2) is 5.81. The Morgan fingerprint density at radius 1 is 1.36 bits per heavy atom. The van der Waals surface area contributed by atoms with Crippen LogP contribution in [0.2, 0.25) is 0 Å². The van der Waals surface area contributed by atoms with E-state index in [0.717, 1.165) is 23.8 Å². The lowest BCUT2D eigenvalue weighted by Crippen LogP contribution is -2.61. The molecule has 0 spiro atoms. The van der Waals surface area contributed by atoms with Gasteiger partial charge in [0.15, 0.2) is 5.13 Å². The molecule has 120 valence electrons. The van der Waals surface area contributed by atoms with Crippen LogP contribution in [0.25, 0.3) is 0 Å². The van der Waals surface area contributed by atoms with Crippen LogP contribution >= 0.6 is 11.3 Å². The SMILES string of the molecule is CN(c1nc(CN2CC(=O)NC3CCCCC32)cs1)C1CC1. The fraction of sp³-hybridized carbons (Fsp3) is 0.750. The molecule has 2 heterocycles. The first kappa shape index (κ1) is 14.5. The van der Waals surface area contributed by atoms with Gasteiger partial charge in [-0.15, -0.1) is 11.3 Å². The van der Waals surface area contributed by atoms with Crippen molar-refractivity contribution in [3.8, 4) is 0 Å². The Kier molecular flexibility index (Phi) is 3.82. The van der Waals surface area contributed by atoms with E-state index in [0.29, 0.717) is 24.7 Å². The molecule has 3 fully saturated rings. The lowest BCUT2D eigenvalue weighted by atomic mass is 9.87. The van der Waals surface area contributed by atoms with Crippen LogP contribution < -0.4 is 10.2 Å².